The molecule has 8 nitrogen and oxygen atoms in total. The van der Waals surface area contributed by atoms with Crippen LogP contribution < -0.4 is 20.1 Å². The molecule has 1 amide bonds. The number of hydrogen-bond acceptors (Lipinski definition) is 6. The number of nitrogens with zero attached hydrogens (tertiary/aromatic N) is 2. The smallest absolute Gasteiger partial charge is 0.255 e. The second-order valence-corrected chi connectivity index (χ2v) is 10.5. The van der Waals surface area contributed by atoms with Crippen LogP contribution in [0.15, 0.2) is 36.7 Å². The Bertz CT molecular complexity index is 1330. The maximum atomic E-state index is 14.6. The summed E-state index contributed by atoms with van der Waals surface area (Å²) in [6.45, 7) is 4.48. The highest BCUT2D eigenvalue weighted by Crippen LogP contribution is 2.44. The molecule has 5 heterocycles. The second-order valence-electron chi connectivity index (χ2n) is 10.5. The van der Waals surface area contributed by atoms with Gasteiger partial charge in [-0.05, 0) is 57.0 Å². The fourth-order valence-corrected chi connectivity index (χ4v) is 6.12. The number of piperidine rings is 1. The lowest BCUT2D eigenvalue weighted by Gasteiger charge is -2.33. The number of carbonyl (C=O) groups is 1. The van der Waals surface area contributed by atoms with Gasteiger partial charge in [0, 0.05) is 42.4 Å². The van der Waals surface area contributed by atoms with Crippen molar-refractivity contribution in [1.82, 2.24) is 20.2 Å². The van der Waals surface area contributed by atoms with Crippen molar-refractivity contribution in [3.8, 4) is 22.8 Å². The number of hydrogen-bond donors (Lipinski definition) is 3. The molecule has 3 atom stereocenters. The number of rotatable bonds is 3. The van der Waals surface area contributed by atoms with E-state index in [0.717, 1.165) is 62.3 Å². The number of para-hydroxylation sites is 1. The van der Waals surface area contributed by atoms with Gasteiger partial charge in [-0.15, -0.1) is 0 Å². The van der Waals surface area contributed by atoms with E-state index in [0.29, 0.717) is 41.8 Å². The highest BCUT2D eigenvalue weighted by Gasteiger charge is 2.34. The van der Waals surface area contributed by atoms with Crippen molar-refractivity contribution in [1.29, 1.82) is 0 Å². The summed E-state index contributed by atoms with van der Waals surface area (Å²) in [7, 11) is 1.44. The molecule has 200 valence electrons. The number of fused-ring (bicyclic) bond motifs is 5. The first-order valence-electron chi connectivity index (χ1n) is 13.6. The van der Waals surface area contributed by atoms with Crippen LogP contribution in [0.2, 0.25) is 0 Å². The molecule has 0 aliphatic carbocycles. The Morgan fingerprint density at radius 3 is 2.97 bits per heavy atom. The van der Waals surface area contributed by atoms with Crippen LogP contribution in [0.25, 0.3) is 11.3 Å². The van der Waals surface area contributed by atoms with Crippen molar-refractivity contribution < 1.29 is 18.7 Å². The Morgan fingerprint density at radius 2 is 2.08 bits per heavy atom. The second kappa shape index (κ2) is 10.6. The van der Waals surface area contributed by atoms with Gasteiger partial charge in [0.1, 0.15) is 5.75 Å². The van der Waals surface area contributed by atoms with E-state index in [-0.39, 0.29) is 17.6 Å². The zero-order valence-electron chi connectivity index (χ0n) is 21.7. The normalized spacial score (nSPS) is 23.2. The predicted octanol–water partition coefficient (Wildman–Crippen LogP) is 5.07. The van der Waals surface area contributed by atoms with Gasteiger partial charge in [-0.25, -0.2) is 4.39 Å². The summed E-state index contributed by atoms with van der Waals surface area (Å²) in [6.07, 6.45) is 8.96. The van der Waals surface area contributed by atoms with E-state index in [1.165, 1.54) is 19.6 Å². The van der Waals surface area contributed by atoms with Crippen LogP contribution >= 0.6 is 0 Å². The van der Waals surface area contributed by atoms with Gasteiger partial charge in [0.2, 0.25) is 0 Å². The molecular weight excluding hydrogens is 485 g/mol. The molecule has 9 heteroatoms. The van der Waals surface area contributed by atoms with Crippen LogP contribution in [0.5, 0.6) is 11.5 Å². The first-order valence-corrected chi connectivity index (χ1v) is 13.6. The highest BCUT2D eigenvalue weighted by molar-refractivity contribution is 6.07. The number of nitrogens with one attached hydrogen (secondary N) is 3. The molecule has 1 aromatic carbocycles. The summed E-state index contributed by atoms with van der Waals surface area (Å²) < 4.78 is 26.3. The van der Waals surface area contributed by atoms with Crippen molar-refractivity contribution in [2.45, 2.75) is 38.0 Å². The summed E-state index contributed by atoms with van der Waals surface area (Å²) in [5, 5.41) is 6.44. The fourth-order valence-electron chi connectivity index (χ4n) is 6.12. The van der Waals surface area contributed by atoms with E-state index in [1.807, 2.05) is 6.07 Å². The summed E-state index contributed by atoms with van der Waals surface area (Å²) in [5.74, 6) is 0.727. The van der Waals surface area contributed by atoms with Crippen molar-refractivity contribution in [3.63, 3.8) is 0 Å². The molecule has 0 radical (unpaired) electrons. The Labute approximate surface area is 221 Å². The maximum absolute atomic E-state index is 14.6. The first-order chi connectivity index (χ1) is 18.6. The van der Waals surface area contributed by atoms with E-state index in [9.17, 15) is 9.18 Å². The number of carbonyl (C=O) groups excluding carboxylic acids is 1. The van der Waals surface area contributed by atoms with Gasteiger partial charge in [-0.3, -0.25) is 9.78 Å². The molecule has 3 N–H and O–H groups in total. The number of benzene rings is 1. The zero-order chi connectivity index (χ0) is 26.1. The third-order valence-corrected chi connectivity index (χ3v) is 8.01. The molecule has 0 saturated carbocycles. The summed E-state index contributed by atoms with van der Waals surface area (Å²) in [4.78, 5) is 23.8. The van der Waals surface area contributed by atoms with Crippen LogP contribution in [0.3, 0.4) is 0 Å². The molecule has 3 unspecified atom stereocenters. The quantitative estimate of drug-likeness (QED) is 0.448. The topological polar surface area (TPSA) is 91.5 Å². The third-order valence-electron chi connectivity index (χ3n) is 8.01. The Morgan fingerprint density at radius 1 is 1.18 bits per heavy atom. The SMILES string of the molecule is COc1c(F)cccc1Nc1c2[nH]c3c1C(=O)NCC3CCCCN1CCCC(COc3cnccc3-2)C1. The predicted molar refractivity (Wildman–Crippen MR) is 144 cm³/mol. The van der Waals surface area contributed by atoms with E-state index in [4.69, 9.17) is 9.47 Å². The van der Waals surface area contributed by atoms with Crippen LogP contribution in [-0.2, 0) is 0 Å². The number of ether oxygens (including phenoxy) is 2. The fraction of sp³-hybridized carbons (Fsp3) is 0.448. The number of anilines is 2. The van der Waals surface area contributed by atoms with E-state index in [2.05, 4.69) is 25.5 Å². The minimum Gasteiger partial charge on any atom is -0.492 e. The molecule has 1 saturated heterocycles. The Hall–Kier alpha value is -3.59. The largest absolute Gasteiger partial charge is 0.492 e. The van der Waals surface area contributed by atoms with Gasteiger partial charge in [0.05, 0.1) is 42.5 Å². The Balaban J connectivity index is 1.48. The first kappa shape index (κ1) is 24.7. The van der Waals surface area contributed by atoms with Crippen molar-refractivity contribution in [2.75, 3.05) is 45.2 Å². The zero-order valence-corrected chi connectivity index (χ0v) is 21.7. The lowest BCUT2D eigenvalue weighted by molar-refractivity contribution is 0.0939. The third kappa shape index (κ3) is 4.71. The summed E-state index contributed by atoms with van der Waals surface area (Å²) >= 11 is 0. The van der Waals surface area contributed by atoms with Gasteiger partial charge < -0.3 is 30.0 Å². The maximum Gasteiger partial charge on any atom is 0.255 e. The average molecular weight is 520 g/mol. The lowest BCUT2D eigenvalue weighted by atomic mass is 9.91. The number of H-pyrrole nitrogens is 1. The molecule has 3 aromatic rings. The van der Waals surface area contributed by atoms with Crippen LogP contribution in [-0.4, -0.2) is 60.7 Å². The van der Waals surface area contributed by atoms with Gasteiger partial charge in [-0.2, -0.15) is 0 Å². The number of methoxy groups -OCH3 is 1. The van der Waals surface area contributed by atoms with Crippen LogP contribution in [0, 0.1) is 11.7 Å². The van der Waals surface area contributed by atoms with Crippen LogP contribution in [0.4, 0.5) is 15.8 Å². The minimum absolute atomic E-state index is 0.0939. The van der Waals surface area contributed by atoms with Crippen molar-refractivity contribution in [3.05, 3.63) is 53.7 Å². The molecular formula is C29H34FN5O3. The van der Waals surface area contributed by atoms with Gasteiger partial charge in [-0.1, -0.05) is 12.5 Å². The minimum atomic E-state index is -0.477. The number of halogens is 1. The molecule has 38 heavy (non-hydrogen) atoms. The van der Waals surface area contributed by atoms with Crippen molar-refractivity contribution >= 4 is 17.3 Å². The van der Waals surface area contributed by atoms with Gasteiger partial charge >= 0.3 is 0 Å². The van der Waals surface area contributed by atoms with Crippen molar-refractivity contribution in [2.24, 2.45) is 5.92 Å². The summed E-state index contributed by atoms with van der Waals surface area (Å²) in [5.41, 5.74) is 4.01. The molecule has 3 aliphatic heterocycles. The highest BCUT2D eigenvalue weighted by atomic mass is 19.1. The number of aromatic nitrogens is 2. The monoisotopic (exact) mass is 519 g/mol. The number of aromatic amines is 1. The molecule has 1 fully saturated rings. The molecule has 0 spiro atoms. The number of amides is 1. The van der Waals surface area contributed by atoms with E-state index >= 15 is 0 Å². The number of pyridine rings is 1. The van der Waals surface area contributed by atoms with E-state index < -0.39 is 5.82 Å². The standard InChI is InChI=1S/C29H34FN5O3/c1-37-28-21(30)8-4-9-22(28)33-27-24-25-19(14-32-29(24)36)7-2-3-12-35-13-5-6-18(16-35)17-38-23-15-31-11-10-20(23)26(27)34-25/h4,8-11,15,18-19,33-34H,2-3,5-7,12-14,16-17H2,1H3,(H,32,36). The molecule has 2 aromatic heterocycles. The van der Waals surface area contributed by atoms with Crippen LogP contribution in [0.1, 0.15) is 54.1 Å². The van der Waals surface area contributed by atoms with Gasteiger partial charge in [0.25, 0.3) is 5.91 Å². The molecule has 3 aliphatic rings. The average Bonchev–Trinajstić information content (AvgIpc) is 3.31. The lowest BCUT2D eigenvalue weighted by Crippen LogP contribution is -2.38. The van der Waals surface area contributed by atoms with Gasteiger partial charge in [0.15, 0.2) is 11.6 Å². The summed E-state index contributed by atoms with van der Waals surface area (Å²) in [6, 6.07) is 6.62. The molecule has 4 bridgehead atoms. The Kier molecular flexibility index (Phi) is 6.93. The van der Waals surface area contributed by atoms with E-state index in [1.54, 1.807) is 24.5 Å². The molecule has 6 rings (SSSR count).